The molecule has 146 valence electrons. The van der Waals surface area contributed by atoms with Crippen LogP contribution in [0.2, 0.25) is 0 Å². The van der Waals surface area contributed by atoms with Crippen molar-refractivity contribution in [2.75, 3.05) is 20.0 Å². The van der Waals surface area contributed by atoms with Crippen LogP contribution in [0.25, 0.3) is 0 Å². The molecule has 0 atom stereocenters. The van der Waals surface area contributed by atoms with Gasteiger partial charge in [0.1, 0.15) is 0 Å². The molecule has 0 aliphatic carbocycles. The lowest BCUT2D eigenvalue weighted by Crippen LogP contribution is -2.18. The topological polar surface area (TPSA) is 83.4 Å². The summed E-state index contributed by atoms with van der Waals surface area (Å²) < 4.78 is 15.6. The third kappa shape index (κ3) is 4.68. The lowest BCUT2D eigenvalue weighted by Gasteiger charge is -2.07. The molecule has 0 bridgehead atoms. The molecule has 0 radical (unpaired) electrons. The van der Waals surface area contributed by atoms with Gasteiger partial charge in [-0.05, 0) is 50.6 Å². The minimum Gasteiger partial charge on any atom is -0.455 e. The number of benzene rings is 2. The molecular formula is C21H21NO6. The predicted octanol–water partition coefficient (Wildman–Crippen LogP) is 3.20. The van der Waals surface area contributed by atoms with Gasteiger partial charge < -0.3 is 19.0 Å². The van der Waals surface area contributed by atoms with Crippen LogP contribution >= 0.6 is 0 Å². The third-order valence-electron chi connectivity index (χ3n) is 4.23. The molecule has 7 heteroatoms. The van der Waals surface area contributed by atoms with Crippen LogP contribution in [-0.2, 0) is 14.4 Å². The normalized spacial score (nSPS) is 12.6. The molecule has 0 amide bonds. The Morgan fingerprint density at radius 3 is 2.64 bits per heavy atom. The van der Waals surface area contributed by atoms with E-state index in [2.05, 4.69) is 5.16 Å². The van der Waals surface area contributed by atoms with Crippen LogP contribution in [0.5, 0.6) is 11.5 Å². The summed E-state index contributed by atoms with van der Waals surface area (Å²) in [5, 5.41) is 3.91. The number of nitrogens with zero attached hydrogens (tertiary/aromatic N) is 1. The van der Waals surface area contributed by atoms with Gasteiger partial charge in [0.2, 0.25) is 19.2 Å². The third-order valence-corrected chi connectivity index (χ3v) is 4.23. The largest absolute Gasteiger partial charge is 0.455 e. The lowest BCUT2D eigenvalue weighted by atomic mass is 10.0. The Labute approximate surface area is 162 Å². The number of hydrogen-bond donors (Lipinski definition) is 0. The molecule has 28 heavy (non-hydrogen) atoms. The van der Waals surface area contributed by atoms with Gasteiger partial charge in [-0.1, -0.05) is 22.9 Å². The van der Waals surface area contributed by atoms with Crippen LogP contribution in [0.4, 0.5) is 0 Å². The molecule has 1 aliphatic rings. The Kier molecular flexibility index (Phi) is 5.93. The average molecular weight is 383 g/mol. The molecule has 0 saturated heterocycles. The lowest BCUT2D eigenvalue weighted by molar-refractivity contribution is -0.147. The molecule has 2 aromatic rings. The minimum atomic E-state index is -0.666. The summed E-state index contributed by atoms with van der Waals surface area (Å²) in [5.41, 5.74) is 3.70. The molecule has 0 unspecified atom stereocenters. The maximum atomic E-state index is 12.2. The Balaban J connectivity index is 1.48. The highest BCUT2D eigenvalue weighted by Gasteiger charge is 2.15. The van der Waals surface area contributed by atoms with Crippen molar-refractivity contribution in [1.82, 2.24) is 0 Å². The number of esters is 1. The van der Waals surface area contributed by atoms with E-state index in [4.69, 9.17) is 19.0 Å². The molecule has 2 aromatic carbocycles. The number of Topliss-reactive ketones (excluding diaryl/α,β-unsaturated/α-hetero) is 1. The van der Waals surface area contributed by atoms with Crippen molar-refractivity contribution in [3.63, 3.8) is 0 Å². The number of rotatable bonds is 7. The second kappa shape index (κ2) is 8.56. The highest BCUT2D eigenvalue weighted by molar-refractivity contribution is 6.00. The number of aryl methyl sites for hydroxylation is 2. The first-order chi connectivity index (χ1) is 13.4. The first-order valence-electron chi connectivity index (χ1n) is 8.76. The van der Waals surface area contributed by atoms with Gasteiger partial charge in [0.25, 0.3) is 0 Å². The van der Waals surface area contributed by atoms with E-state index in [1.54, 1.807) is 25.1 Å². The van der Waals surface area contributed by atoms with Gasteiger partial charge in [-0.25, -0.2) is 4.79 Å². The smallest absolute Gasteiger partial charge is 0.347 e. The molecule has 1 heterocycles. The maximum Gasteiger partial charge on any atom is 0.347 e. The number of hydrogen-bond acceptors (Lipinski definition) is 7. The number of oxime groups is 1. The van der Waals surface area contributed by atoms with Crippen molar-refractivity contribution >= 4 is 17.5 Å². The van der Waals surface area contributed by atoms with E-state index < -0.39 is 5.97 Å². The number of carbonyl (C=O) groups excluding carboxylic acids is 2. The summed E-state index contributed by atoms with van der Waals surface area (Å²) in [6.45, 7) is 4.95. The summed E-state index contributed by atoms with van der Waals surface area (Å²) in [5.74, 6) is 0.390. The molecule has 0 saturated carbocycles. The van der Waals surface area contributed by atoms with Crippen LogP contribution < -0.4 is 9.47 Å². The van der Waals surface area contributed by atoms with E-state index in [-0.39, 0.29) is 25.8 Å². The van der Waals surface area contributed by atoms with Crippen molar-refractivity contribution in [3.8, 4) is 11.5 Å². The highest BCUT2D eigenvalue weighted by Crippen LogP contribution is 2.32. The number of ether oxygens (including phenoxy) is 3. The SMILES string of the molecule is CC(=NOCC(=O)OCC(=O)c1cc(C)ccc1C)c1ccc2c(c1)OCO2. The van der Waals surface area contributed by atoms with Gasteiger partial charge >= 0.3 is 5.97 Å². The standard InChI is InChI=1S/C21H21NO6/c1-13-4-5-14(2)17(8-13)18(23)10-25-21(24)11-28-22-15(3)16-6-7-19-20(9-16)27-12-26-19/h4-9H,10-12H2,1-3H3. The van der Waals surface area contributed by atoms with Crippen LogP contribution in [0.3, 0.4) is 0 Å². The van der Waals surface area contributed by atoms with Gasteiger partial charge in [0.05, 0.1) is 5.71 Å². The molecule has 0 aromatic heterocycles. The Bertz CT molecular complexity index is 934. The zero-order valence-electron chi connectivity index (χ0n) is 16.0. The number of carbonyl (C=O) groups is 2. The molecule has 0 N–H and O–H groups in total. The number of fused-ring (bicyclic) bond motifs is 1. The van der Waals surface area contributed by atoms with Crippen molar-refractivity contribution in [3.05, 3.63) is 58.7 Å². The van der Waals surface area contributed by atoms with E-state index >= 15 is 0 Å². The Morgan fingerprint density at radius 2 is 1.82 bits per heavy atom. The van der Waals surface area contributed by atoms with Crippen molar-refractivity contribution < 1.29 is 28.6 Å². The van der Waals surface area contributed by atoms with E-state index in [9.17, 15) is 9.59 Å². The van der Waals surface area contributed by atoms with Gasteiger partial charge in [-0.2, -0.15) is 0 Å². The fourth-order valence-electron chi connectivity index (χ4n) is 2.66. The van der Waals surface area contributed by atoms with Gasteiger partial charge in [-0.15, -0.1) is 0 Å². The first kappa shape index (κ1) is 19.4. The molecule has 0 spiro atoms. The van der Waals surface area contributed by atoms with Crippen LogP contribution in [0, 0.1) is 13.8 Å². The van der Waals surface area contributed by atoms with Crippen LogP contribution in [0.15, 0.2) is 41.6 Å². The van der Waals surface area contributed by atoms with Gasteiger partial charge in [0, 0.05) is 11.1 Å². The monoisotopic (exact) mass is 383 g/mol. The zero-order chi connectivity index (χ0) is 20.1. The summed E-state index contributed by atoms with van der Waals surface area (Å²) in [7, 11) is 0. The summed E-state index contributed by atoms with van der Waals surface area (Å²) >= 11 is 0. The van der Waals surface area contributed by atoms with Crippen molar-refractivity contribution in [2.45, 2.75) is 20.8 Å². The van der Waals surface area contributed by atoms with Crippen LogP contribution in [0.1, 0.15) is 34.0 Å². The molecule has 7 nitrogen and oxygen atoms in total. The fourth-order valence-corrected chi connectivity index (χ4v) is 2.66. The molecule has 3 rings (SSSR count). The van der Waals surface area contributed by atoms with Crippen molar-refractivity contribution in [2.24, 2.45) is 5.16 Å². The number of ketones is 1. The minimum absolute atomic E-state index is 0.193. The van der Waals surface area contributed by atoms with E-state index in [0.29, 0.717) is 22.8 Å². The molecule has 1 aliphatic heterocycles. The maximum absolute atomic E-state index is 12.2. The van der Waals surface area contributed by atoms with E-state index in [0.717, 1.165) is 16.7 Å². The highest BCUT2D eigenvalue weighted by atomic mass is 16.7. The van der Waals surface area contributed by atoms with Gasteiger partial charge in [-0.3, -0.25) is 4.79 Å². The van der Waals surface area contributed by atoms with E-state index in [1.807, 2.05) is 32.0 Å². The molecular weight excluding hydrogens is 362 g/mol. The van der Waals surface area contributed by atoms with E-state index in [1.165, 1.54) is 0 Å². The first-order valence-corrected chi connectivity index (χ1v) is 8.76. The van der Waals surface area contributed by atoms with Crippen molar-refractivity contribution in [1.29, 1.82) is 0 Å². The second-order valence-electron chi connectivity index (χ2n) is 6.42. The summed E-state index contributed by atoms with van der Waals surface area (Å²) in [4.78, 5) is 29.1. The molecule has 0 fully saturated rings. The van der Waals surface area contributed by atoms with Crippen LogP contribution in [-0.4, -0.2) is 37.5 Å². The Morgan fingerprint density at radius 1 is 1.04 bits per heavy atom. The van der Waals surface area contributed by atoms with Gasteiger partial charge in [0.15, 0.2) is 18.1 Å². The fraction of sp³-hybridized carbons (Fsp3) is 0.286. The average Bonchev–Trinajstić information content (AvgIpc) is 3.15. The quantitative estimate of drug-likeness (QED) is 0.316. The Hall–Kier alpha value is -3.35. The second-order valence-corrected chi connectivity index (χ2v) is 6.42. The zero-order valence-corrected chi connectivity index (χ0v) is 16.0. The summed E-state index contributed by atoms with van der Waals surface area (Å²) in [6, 6.07) is 10.9. The predicted molar refractivity (Wildman–Crippen MR) is 102 cm³/mol. The summed E-state index contributed by atoms with van der Waals surface area (Å²) in [6.07, 6.45) is 0.